The van der Waals surface area contributed by atoms with Gasteiger partial charge in [0.15, 0.2) is 0 Å². The highest BCUT2D eigenvalue weighted by atomic mass is 16.2. The lowest BCUT2D eigenvalue weighted by Crippen LogP contribution is -2.51. The van der Waals surface area contributed by atoms with Crippen LogP contribution in [0.5, 0.6) is 0 Å². The average Bonchev–Trinajstić information content (AvgIpc) is 3.03. The molecule has 2 aliphatic heterocycles. The predicted molar refractivity (Wildman–Crippen MR) is 178 cm³/mol. The monoisotopic (exact) mass is 592 g/mol. The number of aliphatic imine (C=N–C) groups is 1. The molecular weight excluding hydrogens is 536 g/mol. The lowest BCUT2D eigenvalue weighted by atomic mass is 9.95. The van der Waals surface area contributed by atoms with E-state index < -0.39 is 0 Å². The van der Waals surface area contributed by atoms with Gasteiger partial charge in [0.05, 0.1) is 6.54 Å². The van der Waals surface area contributed by atoms with Crippen molar-refractivity contribution in [3.8, 4) is 0 Å². The number of nitrogens with two attached hydrogens (primary N) is 1. The minimum atomic E-state index is 0.0494. The molecule has 238 valence electrons. The maximum absolute atomic E-state index is 12.4. The van der Waals surface area contributed by atoms with Gasteiger partial charge < -0.3 is 36.8 Å². The Morgan fingerprint density at radius 1 is 0.977 bits per heavy atom. The van der Waals surface area contributed by atoms with Gasteiger partial charge in [0, 0.05) is 63.5 Å². The first-order chi connectivity index (χ1) is 21.0. The zero-order valence-electron chi connectivity index (χ0n) is 26.7. The molecule has 0 unspecified atom stereocenters. The minimum absolute atomic E-state index is 0.0494. The number of benzene rings is 1. The predicted octanol–water partition coefficient (Wildman–Crippen LogP) is 4.57. The molecule has 1 aromatic carbocycles. The number of carbonyl (C=O) groups excluding carboxylic acids is 1. The van der Waals surface area contributed by atoms with Gasteiger partial charge in [-0.05, 0) is 68.8 Å². The number of rotatable bonds is 13. The van der Waals surface area contributed by atoms with Crippen LogP contribution in [0.1, 0.15) is 89.2 Å². The third-order valence-electron chi connectivity index (χ3n) is 8.84. The molecule has 2 heterocycles. The molecule has 4 rings (SSSR count). The van der Waals surface area contributed by atoms with Crippen LogP contribution in [0.4, 0.5) is 4.79 Å². The summed E-state index contributed by atoms with van der Waals surface area (Å²) in [5.74, 6) is 1.54. The summed E-state index contributed by atoms with van der Waals surface area (Å²) in [4.78, 5) is 21.6. The number of allylic oxidation sites excluding steroid dienone is 2. The Hall–Kier alpha value is -3.04. The first-order valence-electron chi connectivity index (χ1n) is 16.8. The van der Waals surface area contributed by atoms with E-state index in [-0.39, 0.29) is 6.03 Å². The van der Waals surface area contributed by atoms with Crippen molar-refractivity contribution in [3.63, 3.8) is 0 Å². The summed E-state index contributed by atoms with van der Waals surface area (Å²) >= 11 is 0. The lowest BCUT2D eigenvalue weighted by Gasteiger charge is -2.37. The summed E-state index contributed by atoms with van der Waals surface area (Å²) in [7, 11) is 0. The molecule has 0 atom stereocenters. The van der Waals surface area contributed by atoms with Crippen LogP contribution in [0.15, 0.2) is 52.4 Å². The van der Waals surface area contributed by atoms with Crippen molar-refractivity contribution in [1.82, 2.24) is 31.1 Å². The number of amides is 2. The van der Waals surface area contributed by atoms with Crippen LogP contribution in [0, 0.1) is 0 Å². The molecule has 0 aromatic heterocycles. The highest BCUT2D eigenvalue weighted by molar-refractivity contribution is 5.84. The van der Waals surface area contributed by atoms with Crippen molar-refractivity contribution in [1.29, 1.82) is 0 Å². The SMILES string of the molecule is CCCCNC(=O)N1CCN(C2=C(C)CCC(=NCc3ccc(CNCCCNC4CCCCC4)cc3)NC(N)=C2)CC1. The van der Waals surface area contributed by atoms with Gasteiger partial charge in [-0.15, -0.1) is 0 Å². The largest absolute Gasteiger partial charge is 0.385 e. The summed E-state index contributed by atoms with van der Waals surface area (Å²) in [6.45, 7) is 11.8. The molecule has 1 saturated heterocycles. The van der Waals surface area contributed by atoms with Crippen molar-refractivity contribution in [3.05, 3.63) is 58.6 Å². The normalized spacial score (nSPS) is 19.6. The van der Waals surface area contributed by atoms with Gasteiger partial charge in [0.25, 0.3) is 0 Å². The van der Waals surface area contributed by atoms with Crippen molar-refractivity contribution < 1.29 is 4.79 Å². The topological polar surface area (TPSA) is 110 Å². The Kier molecular flexibility index (Phi) is 13.7. The summed E-state index contributed by atoms with van der Waals surface area (Å²) in [6, 6.07) is 9.57. The second-order valence-corrected chi connectivity index (χ2v) is 12.3. The zero-order chi connectivity index (χ0) is 30.3. The smallest absolute Gasteiger partial charge is 0.317 e. The fourth-order valence-corrected chi connectivity index (χ4v) is 6.09. The molecule has 1 aliphatic carbocycles. The molecule has 0 bridgehead atoms. The van der Waals surface area contributed by atoms with Crippen LogP contribution in [0.25, 0.3) is 0 Å². The van der Waals surface area contributed by atoms with Gasteiger partial charge in [0.2, 0.25) is 0 Å². The Morgan fingerprint density at radius 2 is 1.72 bits per heavy atom. The van der Waals surface area contributed by atoms with E-state index in [4.69, 9.17) is 10.7 Å². The third-order valence-corrected chi connectivity index (χ3v) is 8.84. The Balaban J connectivity index is 1.17. The van der Waals surface area contributed by atoms with Gasteiger partial charge in [0.1, 0.15) is 11.7 Å². The molecule has 0 spiro atoms. The van der Waals surface area contributed by atoms with E-state index in [1.165, 1.54) is 60.9 Å². The first kappa shape index (κ1) is 32.9. The van der Waals surface area contributed by atoms with Crippen LogP contribution in [-0.2, 0) is 13.1 Å². The minimum Gasteiger partial charge on any atom is -0.385 e. The number of piperazine rings is 1. The van der Waals surface area contributed by atoms with Gasteiger partial charge in [-0.3, -0.25) is 4.99 Å². The highest BCUT2D eigenvalue weighted by Gasteiger charge is 2.23. The Bertz CT molecular complexity index is 1080. The molecule has 9 heteroatoms. The van der Waals surface area contributed by atoms with Crippen molar-refractivity contribution in [2.24, 2.45) is 10.7 Å². The molecule has 3 aliphatic rings. The lowest BCUT2D eigenvalue weighted by molar-refractivity contribution is 0.158. The van der Waals surface area contributed by atoms with E-state index in [2.05, 4.69) is 64.3 Å². The number of nitrogens with zero attached hydrogens (tertiary/aromatic N) is 3. The molecule has 2 fully saturated rings. The first-order valence-corrected chi connectivity index (χ1v) is 16.8. The third kappa shape index (κ3) is 11.2. The van der Waals surface area contributed by atoms with Crippen LogP contribution in [0.3, 0.4) is 0 Å². The number of amidine groups is 1. The van der Waals surface area contributed by atoms with Crippen LogP contribution >= 0.6 is 0 Å². The fraction of sp³-hybridized carbons (Fsp3) is 0.647. The summed E-state index contributed by atoms with van der Waals surface area (Å²) in [5.41, 5.74) is 11.4. The second kappa shape index (κ2) is 17.9. The van der Waals surface area contributed by atoms with E-state index in [0.717, 1.165) is 89.9 Å². The average molecular weight is 593 g/mol. The van der Waals surface area contributed by atoms with E-state index in [0.29, 0.717) is 12.4 Å². The standard InChI is InChI=1S/C34H56N8O/c1-3-4-18-38-34(43)42-22-20-41(21-23-42)31-24-32(35)40-33(16-11-27(31)2)39-26-29-14-12-28(13-15-29)25-36-17-8-19-37-30-9-6-5-7-10-30/h12-15,24,30,36-37H,3-11,16-23,25-26,35H2,1-2H3,(H,38,43)(H,39,40). The second-order valence-electron chi connectivity index (χ2n) is 12.3. The van der Waals surface area contributed by atoms with E-state index in [9.17, 15) is 4.79 Å². The molecule has 43 heavy (non-hydrogen) atoms. The quantitative estimate of drug-likeness (QED) is 0.215. The summed E-state index contributed by atoms with van der Waals surface area (Å²) in [6.07, 6.45) is 13.9. The molecular formula is C34H56N8O. The van der Waals surface area contributed by atoms with E-state index in [1.54, 1.807) is 0 Å². The van der Waals surface area contributed by atoms with Crippen LogP contribution in [0.2, 0.25) is 0 Å². The van der Waals surface area contributed by atoms with Crippen molar-refractivity contribution in [2.75, 3.05) is 45.8 Å². The molecule has 1 aromatic rings. The highest BCUT2D eigenvalue weighted by Crippen LogP contribution is 2.21. The Morgan fingerprint density at radius 3 is 2.47 bits per heavy atom. The number of nitrogens with one attached hydrogen (secondary N) is 4. The van der Waals surface area contributed by atoms with Crippen LogP contribution in [-0.4, -0.2) is 73.5 Å². The van der Waals surface area contributed by atoms with Gasteiger partial charge >= 0.3 is 6.03 Å². The fourth-order valence-electron chi connectivity index (χ4n) is 6.09. The number of urea groups is 1. The number of hydrogen-bond donors (Lipinski definition) is 5. The zero-order valence-corrected chi connectivity index (χ0v) is 26.7. The van der Waals surface area contributed by atoms with Gasteiger partial charge in [-0.25, -0.2) is 4.79 Å². The van der Waals surface area contributed by atoms with E-state index in [1.807, 2.05) is 11.0 Å². The van der Waals surface area contributed by atoms with E-state index >= 15 is 0 Å². The summed E-state index contributed by atoms with van der Waals surface area (Å²) in [5, 5.41) is 13.7. The molecule has 1 saturated carbocycles. The number of unbranched alkanes of at least 4 members (excludes halogenated alkanes) is 1. The molecule has 0 radical (unpaired) electrons. The Labute approximate surface area is 259 Å². The molecule has 2 amide bonds. The number of carbonyl (C=O) groups is 1. The number of hydrogen-bond acceptors (Lipinski definition) is 6. The molecule has 9 nitrogen and oxygen atoms in total. The van der Waals surface area contributed by atoms with Crippen molar-refractivity contribution in [2.45, 2.75) is 97.2 Å². The molecule has 6 N–H and O–H groups in total. The van der Waals surface area contributed by atoms with Gasteiger partial charge in [-0.2, -0.15) is 0 Å². The van der Waals surface area contributed by atoms with Crippen molar-refractivity contribution >= 4 is 11.9 Å². The van der Waals surface area contributed by atoms with Crippen LogP contribution < -0.4 is 27.0 Å². The van der Waals surface area contributed by atoms with Gasteiger partial charge in [-0.1, -0.05) is 56.9 Å². The maximum Gasteiger partial charge on any atom is 0.317 e. The maximum atomic E-state index is 12.4. The summed E-state index contributed by atoms with van der Waals surface area (Å²) < 4.78 is 0.